The van der Waals surface area contributed by atoms with Gasteiger partial charge in [0.25, 0.3) is 5.91 Å². The first kappa shape index (κ1) is 15.2. The Hall–Kier alpha value is -2.23. The predicted molar refractivity (Wildman–Crippen MR) is 78.5 cm³/mol. The molecular weight excluding hydrogens is 291 g/mol. The van der Waals surface area contributed by atoms with Crippen LogP contribution in [0.2, 0.25) is 0 Å². The molecule has 21 heavy (non-hydrogen) atoms. The minimum Gasteiger partial charge on any atom is -0.384 e. The highest BCUT2D eigenvalue weighted by Gasteiger charge is 2.11. The molecule has 0 fully saturated rings. The summed E-state index contributed by atoms with van der Waals surface area (Å²) in [6.07, 6.45) is 2.31. The molecule has 2 N–H and O–H groups in total. The molecule has 1 aromatic carbocycles. The summed E-state index contributed by atoms with van der Waals surface area (Å²) in [5.74, 6) is 4.01. The summed E-state index contributed by atoms with van der Waals surface area (Å²) in [6.45, 7) is 0.102. The highest BCUT2D eigenvalue weighted by molar-refractivity contribution is 7.09. The first-order valence-corrected chi connectivity index (χ1v) is 7.14. The molecule has 0 saturated heterocycles. The molecule has 1 heterocycles. The predicted octanol–water partition coefficient (Wildman–Crippen LogP) is 1.60. The second-order valence-corrected chi connectivity index (χ2v) is 5.07. The fourth-order valence-electron chi connectivity index (χ4n) is 1.67. The number of aromatic nitrogens is 1. The number of aliphatic hydroxyl groups is 1. The third kappa shape index (κ3) is 4.38. The van der Waals surface area contributed by atoms with E-state index in [1.54, 1.807) is 6.20 Å². The summed E-state index contributed by atoms with van der Waals surface area (Å²) in [5, 5.41) is 14.1. The van der Waals surface area contributed by atoms with E-state index >= 15 is 0 Å². The van der Waals surface area contributed by atoms with E-state index < -0.39 is 11.7 Å². The van der Waals surface area contributed by atoms with E-state index in [9.17, 15) is 9.18 Å². The number of aliphatic hydroxyl groups excluding tert-OH is 1. The Labute approximate surface area is 125 Å². The lowest BCUT2D eigenvalue weighted by Crippen LogP contribution is -2.26. The second kappa shape index (κ2) is 7.53. The van der Waals surface area contributed by atoms with Crippen molar-refractivity contribution in [3.63, 3.8) is 0 Å². The summed E-state index contributed by atoms with van der Waals surface area (Å²) < 4.78 is 13.7. The van der Waals surface area contributed by atoms with E-state index in [0.717, 1.165) is 5.01 Å². The molecule has 1 amide bonds. The van der Waals surface area contributed by atoms with Gasteiger partial charge < -0.3 is 10.4 Å². The normalized spacial score (nSPS) is 9.81. The third-order valence-electron chi connectivity index (χ3n) is 2.63. The van der Waals surface area contributed by atoms with Gasteiger partial charge >= 0.3 is 0 Å². The van der Waals surface area contributed by atoms with Crippen LogP contribution in [0.1, 0.15) is 20.9 Å². The van der Waals surface area contributed by atoms with Crippen molar-refractivity contribution in [1.82, 2.24) is 10.3 Å². The van der Waals surface area contributed by atoms with Gasteiger partial charge in [-0.25, -0.2) is 9.37 Å². The lowest BCUT2D eigenvalue weighted by Gasteiger charge is -2.05. The Kier molecular flexibility index (Phi) is 5.43. The number of hydrogen-bond donors (Lipinski definition) is 2. The Morgan fingerprint density at radius 3 is 3.05 bits per heavy atom. The maximum Gasteiger partial charge on any atom is 0.254 e. The molecule has 108 valence electrons. The zero-order chi connectivity index (χ0) is 15.1. The van der Waals surface area contributed by atoms with E-state index in [1.165, 1.54) is 29.5 Å². The van der Waals surface area contributed by atoms with Crippen LogP contribution >= 0.6 is 11.3 Å². The number of amides is 1. The van der Waals surface area contributed by atoms with Gasteiger partial charge in [0.05, 0.1) is 10.6 Å². The number of rotatable bonds is 4. The fourth-order valence-corrected chi connectivity index (χ4v) is 2.29. The standard InChI is InChI=1S/C15H13FN2O2S/c16-13-4-3-11(2-1-8-19)10-12(13)15(20)18-6-5-14-17-7-9-21-14/h3-4,7,9-10,19H,5-6,8H2,(H,18,20). The van der Waals surface area contributed by atoms with E-state index in [-0.39, 0.29) is 12.2 Å². The van der Waals surface area contributed by atoms with Crippen LogP contribution in [0.25, 0.3) is 0 Å². The molecule has 6 heteroatoms. The van der Waals surface area contributed by atoms with Crippen LogP contribution in [-0.2, 0) is 6.42 Å². The van der Waals surface area contributed by atoms with Gasteiger partial charge in [0, 0.05) is 30.1 Å². The van der Waals surface area contributed by atoms with Crippen molar-refractivity contribution in [1.29, 1.82) is 0 Å². The van der Waals surface area contributed by atoms with Crippen LogP contribution in [-0.4, -0.2) is 29.1 Å². The first-order chi connectivity index (χ1) is 10.2. The molecule has 2 aromatic rings. The van der Waals surface area contributed by atoms with Gasteiger partial charge in [0.1, 0.15) is 12.4 Å². The number of nitrogens with zero attached hydrogens (tertiary/aromatic N) is 1. The minimum atomic E-state index is -0.601. The van der Waals surface area contributed by atoms with E-state index in [0.29, 0.717) is 18.5 Å². The summed E-state index contributed by atoms with van der Waals surface area (Å²) in [6, 6.07) is 4.03. The summed E-state index contributed by atoms with van der Waals surface area (Å²) in [4.78, 5) is 16.1. The quantitative estimate of drug-likeness (QED) is 0.843. The van der Waals surface area contributed by atoms with Crippen molar-refractivity contribution >= 4 is 17.2 Å². The molecule has 0 saturated carbocycles. The van der Waals surface area contributed by atoms with Gasteiger partial charge in [0.2, 0.25) is 0 Å². The second-order valence-electron chi connectivity index (χ2n) is 4.09. The maximum absolute atomic E-state index is 13.7. The molecule has 0 aliphatic rings. The van der Waals surface area contributed by atoms with Crippen molar-refractivity contribution in [2.24, 2.45) is 0 Å². The molecule has 0 spiro atoms. The molecule has 0 radical (unpaired) electrons. The van der Waals surface area contributed by atoms with Gasteiger partial charge in [-0.2, -0.15) is 0 Å². The number of benzene rings is 1. The summed E-state index contributed by atoms with van der Waals surface area (Å²) in [5.41, 5.74) is 0.425. The average molecular weight is 304 g/mol. The third-order valence-corrected chi connectivity index (χ3v) is 3.47. The smallest absolute Gasteiger partial charge is 0.254 e. The molecule has 0 aliphatic carbocycles. The van der Waals surface area contributed by atoms with Gasteiger partial charge in [-0.1, -0.05) is 11.8 Å². The topological polar surface area (TPSA) is 62.2 Å². The zero-order valence-electron chi connectivity index (χ0n) is 11.1. The highest BCUT2D eigenvalue weighted by atomic mass is 32.1. The van der Waals surface area contributed by atoms with Crippen LogP contribution in [0.4, 0.5) is 4.39 Å². The van der Waals surface area contributed by atoms with Crippen LogP contribution in [0.3, 0.4) is 0 Å². The summed E-state index contributed by atoms with van der Waals surface area (Å²) in [7, 11) is 0. The highest BCUT2D eigenvalue weighted by Crippen LogP contribution is 2.10. The van der Waals surface area contributed by atoms with Gasteiger partial charge in [-0.3, -0.25) is 4.79 Å². The molecule has 0 atom stereocenters. The SMILES string of the molecule is O=C(NCCc1nccs1)c1cc(C#CCO)ccc1F. The van der Waals surface area contributed by atoms with Crippen LogP contribution in [0.15, 0.2) is 29.8 Å². The molecule has 0 aliphatic heterocycles. The largest absolute Gasteiger partial charge is 0.384 e. The zero-order valence-corrected chi connectivity index (χ0v) is 11.9. The lowest BCUT2D eigenvalue weighted by molar-refractivity contribution is 0.0950. The number of carbonyl (C=O) groups excluding carboxylic acids is 1. The molecule has 0 bridgehead atoms. The number of nitrogens with one attached hydrogen (secondary N) is 1. The molecular formula is C15H13FN2O2S. The maximum atomic E-state index is 13.7. The fraction of sp³-hybridized carbons (Fsp3) is 0.200. The van der Waals surface area contributed by atoms with Crippen molar-refractivity contribution in [2.45, 2.75) is 6.42 Å². The number of hydrogen-bond acceptors (Lipinski definition) is 4. The van der Waals surface area contributed by atoms with Gasteiger partial charge in [-0.05, 0) is 18.2 Å². The van der Waals surface area contributed by atoms with E-state index in [1.807, 2.05) is 5.38 Å². The number of halogens is 1. The Morgan fingerprint density at radius 2 is 2.33 bits per heavy atom. The first-order valence-electron chi connectivity index (χ1n) is 6.26. The van der Waals surface area contributed by atoms with E-state index in [4.69, 9.17) is 5.11 Å². The van der Waals surface area contributed by atoms with Crippen molar-refractivity contribution < 1.29 is 14.3 Å². The number of carbonyl (C=O) groups is 1. The average Bonchev–Trinajstić information content (AvgIpc) is 2.99. The molecule has 4 nitrogen and oxygen atoms in total. The minimum absolute atomic E-state index is 0.0566. The van der Waals surface area contributed by atoms with Crippen molar-refractivity contribution in [3.05, 3.63) is 51.7 Å². The van der Waals surface area contributed by atoms with Crippen LogP contribution < -0.4 is 5.32 Å². The molecule has 1 aromatic heterocycles. The van der Waals surface area contributed by atoms with Crippen molar-refractivity contribution in [2.75, 3.05) is 13.2 Å². The van der Waals surface area contributed by atoms with Crippen LogP contribution in [0.5, 0.6) is 0 Å². The van der Waals surface area contributed by atoms with E-state index in [2.05, 4.69) is 22.1 Å². The van der Waals surface area contributed by atoms with Gasteiger partial charge in [0.15, 0.2) is 0 Å². The van der Waals surface area contributed by atoms with Crippen molar-refractivity contribution in [3.8, 4) is 11.8 Å². The Balaban J connectivity index is 2.00. The summed E-state index contributed by atoms with van der Waals surface area (Å²) >= 11 is 1.51. The Bertz CT molecular complexity index is 675. The monoisotopic (exact) mass is 304 g/mol. The van der Waals surface area contributed by atoms with Crippen LogP contribution in [0, 0.1) is 17.7 Å². The molecule has 0 unspecified atom stereocenters. The lowest BCUT2D eigenvalue weighted by atomic mass is 10.1. The van der Waals surface area contributed by atoms with Gasteiger partial charge in [-0.15, -0.1) is 11.3 Å². The number of thiazole rings is 1. The molecule has 2 rings (SSSR count). The Morgan fingerprint density at radius 1 is 1.48 bits per heavy atom.